The number of pyridine rings is 1. The van der Waals surface area contributed by atoms with Gasteiger partial charge in [-0.05, 0) is 48.9 Å². The van der Waals surface area contributed by atoms with Crippen LogP contribution in [0.5, 0.6) is 5.75 Å². The Kier molecular flexibility index (Phi) is 9.86. The molecule has 0 N–H and O–H groups in total. The van der Waals surface area contributed by atoms with E-state index in [-0.39, 0.29) is 23.7 Å². The van der Waals surface area contributed by atoms with Gasteiger partial charge in [-0.3, -0.25) is 19.7 Å². The molecule has 212 valence electrons. The number of carbonyl (C=O) groups excluding carboxylic acids is 2. The minimum absolute atomic E-state index is 0.112. The number of aromatic nitrogens is 1. The average Bonchev–Trinajstić information content (AvgIpc) is 3.02. The van der Waals surface area contributed by atoms with Crippen LogP contribution in [-0.4, -0.2) is 47.8 Å². The summed E-state index contributed by atoms with van der Waals surface area (Å²) in [6.07, 6.45) is 0. The smallest absolute Gasteiger partial charge is 0.326 e. The van der Waals surface area contributed by atoms with Crippen LogP contribution < -0.4 is 9.64 Å². The van der Waals surface area contributed by atoms with Crippen molar-refractivity contribution < 1.29 is 24.0 Å². The third-order valence-electron chi connectivity index (χ3n) is 6.15. The van der Waals surface area contributed by atoms with Gasteiger partial charge in [0.05, 0.1) is 41.3 Å². The number of carbonyl (C=O) groups is 2. The van der Waals surface area contributed by atoms with E-state index in [1.165, 1.54) is 24.3 Å². The van der Waals surface area contributed by atoms with E-state index in [0.29, 0.717) is 27.6 Å². The molecular formula is C31H26N4O6S. The molecule has 42 heavy (non-hydrogen) atoms. The number of thioether (sulfide) groups is 1. The number of hydrogen-bond acceptors (Lipinski definition) is 9. The number of anilines is 1. The molecule has 11 heteroatoms. The molecule has 10 nitrogen and oxygen atoms in total. The second-order valence-corrected chi connectivity index (χ2v) is 9.76. The van der Waals surface area contributed by atoms with Crippen LogP contribution in [-0.2, 0) is 14.3 Å². The number of non-ortho nitro benzene ring substituents is 1. The highest BCUT2D eigenvalue weighted by molar-refractivity contribution is 8.00. The minimum atomic E-state index is -0.661. The van der Waals surface area contributed by atoms with Gasteiger partial charge in [-0.25, -0.2) is 4.98 Å². The Hall–Kier alpha value is -5.21. The van der Waals surface area contributed by atoms with E-state index < -0.39 is 23.3 Å². The van der Waals surface area contributed by atoms with Gasteiger partial charge in [0.25, 0.3) is 5.69 Å². The lowest BCUT2D eigenvalue weighted by molar-refractivity contribution is -0.384. The zero-order valence-corrected chi connectivity index (χ0v) is 23.7. The Bertz CT molecular complexity index is 1640. The van der Waals surface area contributed by atoms with E-state index in [9.17, 15) is 25.0 Å². The molecule has 4 aromatic rings. The highest BCUT2D eigenvalue weighted by Gasteiger charge is 2.24. The van der Waals surface area contributed by atoms with Crippen LogP contribution in [0, 0.1) is 21.4 Å². The monoisotopic (exact) mass is 582 g/mol. The molecule has 0 bridgehead atoms. The quantitative estimate of drug-likeness (QED) is 0.0917. The van der Waals surface area contributed by atoms with Crippen molar-refractivity contribution in [3.05, 3.63) is 101 Å². The molecule has 0 saturated carbocycles. The fourth-order valence-corrected chi connectivity index (χ4v) is 5.01. The van der Waals surface area contributed by atoms with Crippen molar-refractivity contribution in [3.63, 3.8) is 0 Å². The summed E-state index contributed by atoms with van der Waals surface area (Å²) in [5.74, 6) is -0.704. The van der Waals surface area contributed by atoms with Crippen LogP contribution in [0.15, 0.2) is 90.0 Å². The molecule has 0 aliphatic heterocycles. The van der Waals surface area contributed by atoms with Crippen molar-refractivity contribution in [1.82, 2.24) is 4.98 Å². The standard InChI is InChI=1S/C31H26N4O6S/c1-3-41-30(37)19-34(23-10-7-11-24(16-23)35(38)39)29(36)20-42-31-27(18-32)26(21-8-5-4-6-9-21)17-28(33-31)22-12-14-25(40-2)15-13-22/h4-17H,3,19-20H2,1-2H3. The average molecular weight is 583 g/mol. The van der Waals surface area contributed by atoms with E-state index in [0.717, 1.165) is 27.8 Å². The van der Waals surface area contributed by atoms with Crippen molar-refractivity contribution in [2.45, 2.75) is 11.9 Å². The zero-order chi connectivity index (χ0) is 30.1. The summed E-state index contributed by atoms with van der Waals surface area (Å²) in [6.45, 7) is 1.32. The Balaban J connectivity index is 1.72. The molecule has 3 aromatic carbocycles. The van der Waals surface area contributed by atoms with Crippen molar-refractivity contribution in [2.75, 3.05) is 30.9 Å². The SMILES string of the molecule is CCOC(=O)CN(C(=O)CSc1nc(-c2ccc(OC)cc2)cc(-c2ccccc2)c1C#N)c1cccc([N+](=O)[O-])c1. The maximum Gasteiger partial charge on any atom is 0.326 e. The number of benzene rings is 3. The number of nitrogens with zero attached hydrogens (tertiary/aromatic N) is 4. The lowest BCUT2D eigenvalue weighted by Gasteiger charge is -2.22. The molecule has 0 saturated heterocycles. The molecule has 4 rings (SSSR count). The first-order valence-corrected chi connectivity index (χ1v) is 13.8. The van der Waals surface area contributed by atoms with E-state index in [4.69, 9.17) is 14.5 Å². The third kappa shape index (κ3) is 7.10. The fourth-order valence-electron chi connectivity index (χ4n) is 4.13. The van der Waals surface area contributed by atoms with Crippen LogP contribution >= 0.6 is 11.8 Å². The van der Waals surface area contributed by atoms with E-state index in [1.54, 1.807) is 26.2 Å². The summed E-state index contributed by atoms with van der Waals surface area (Å²) in [4.78, 5) is 42.5. The Morgan fingerprint density at radius 1 is 1.02 bits per heavy atom. The molecule has 0 radical (unpaired) electrons. The summed E-state index contributed by atoms with van der Waals surface area (Å²) in [6, 6.07) is 26.2. The summed E-state index contributed by atoms with van der Waals surface area (Å²) < 4.78 is 10.3. The minimum Gasteiger partial charge on any atom is -0.497 e. The summed E-state index contributed by atoms with van der Waals surface area (Å²) in [5, 5.41) is 21.8. The number of hydrogen-bond donors (Lipinski definition) is 0. The molecule has 0 atom stereocenters. The first kappa shape index (κ1) is 29.8. The highest BCUT2D eigenvalue weighted by Crippen LogP contribution is 2.35. The molecule has 0 aliphatic rings. The van der Waals surface area contributed by atoms with Crippen molar-refractivity contribution in [2.24, 2.45) is 0 Å². The first-order valence-electron chi connectivity index (χ1n) is 12.8. The second-order valence-electron chi connectivity index (χ2n) is 8.79. The molecule has 0 unspecified atom stereocenters. The molecular weight excluding hydrogens is 556 g/mol. The van der Waals surface area contributed by atoms with E-state index in [2.05, 4.69) is 6.07 Å². The maximum absolute atomic E-state index is 13.5. The largest absolute Gasteiger partial charge is 0.497 e. The highest BCUT2D eigenvalue weighted by atomic mass is 32.2. The molecule has 1 amide bonds. The fraction of sp³-hybridized carbons (Fsp3) is 0.161. The summed E-state index contributed by atoms with van der Waals surface area (Å²) in [7, 11) is 1.58. The Morgan fingerprint density at radius 3 is 2.40 bits per heavy atom. The van der Waals surface area contributed by atoms with Gasteiger partial charge >= 0.3 is 5.97 Å². The van der Waals surface area contributed by atoms with Crippen LogP contribution in [0.3, 0.4) is 0 Å². The number of methoxy groups -OCH3 is 1. The number of nitro groups is 1. The maximum atomic E-state index is 13.5. The number of ether oxygens (including phenoxy) is 2. The molecule has 0 spiro atoms. The lowest BCUT2D eigenvalue weighted by Crippen LogP contribution is -2.37. The van der Waals surface area contributed by atoms with Crippen LogP contribution in [0.1, 0.15) is 12.5 Å². The second kappa shape index (κ2) is 13.9. The number of rotatable bonds is 11. The summed E-state index contributed by atoms with van der Waals surface area (Å²) >= 11 is 1.04. The van der Waals surface area contributed by atoms with Gasteiger partial charge in [-0.2, -0.15) is 5.26 Å². The van der Waals surface area contributed by atoms with Gasteiger partial charge in [0, 0.05) is 23.3 Å². The predicted octanol–water partition coefficient (Wildman–Crippen LogP) is 5.89. The zero-order valence-electron chi connectivity index (χ0n) is 22.9. The molecule has 0 aliphatic carbocycles. The van der Waals surface area contributed by atoms with Gasteiger partial charge in [0.15, 0.2) is 0 Å². The summed E-state index contributed by atoms with van der Waals surface area (Å²) in [5.41, 5.74) is 3.07. The Labute approximate surface area is 246 Å². The van der Waals surface area contributed by atoms with Gasteiger partial charge in [-0.15, -0.1) is 0 Å². The van der Waals surface area contributed by atoms with Crippen LogP contribution in [0.2, 0.25) is 0 Å². The van der Waals surface area contributed by atoms with Crippen molar-refractivity contribution in [1.29, 1.82) is 5.26 Å². The number of esters is 1. The lowest BCUT2D eigenvalue weighted by atomic mass is 9.99. The number of amides is 1. The van der Waals surface area contributed by atoms with E-state index in [1.807, 2.05) is 48.5 Å². The van der Waals surface area contributed by atoms with Crippen LogP contribution in [0.4, 0.5) is 11.4 Å². The molecule has 0 fully saturated rings. The van der Waals surface area contributed by atoms with Crippen molar-refractivity contribution >= 4 is 35.0 Å². The van der Waals surface area contributed by atoms with E-state index >= 15 is 0 Å². The number of nitro benzene ring substituents is 1. The van der Waals surface area contributed by atoms with Gasteiger partial charge in [0.1, 0.15) is 23.4 Å². The van der Waals surface area contributed by atoms with Gasteiger partial charge in [0.2, 0.25) is 5.91 Å². The molecule has 1 heterocycles. The molecule has 1 aromatic heterocycles. The Morgan fingerprint density at radius 2 is 1.76 bits per heavy atom. The topological polar surface area (TPSA) is 136 Å². The normalized spacial score (nSPS) is 10.4. The predicted molar refractivity (Wildman–Crippen MR) is 159 cm³/mol. The third-order valence-corrected chi connectivity index (χ3v) is 7.11. The number of nitriles is 1. The van der Waals surface area contributed by atoms with Gasteiger partial charge < -0.3 is 14.4 Å². The first-order chi connectivity index (χ1) is 20.3. The van der Waals surface area contributed by atoms with Crippen molar-refractivity contribution in [3.8, 4) is 34.2 Å². The van der Waals surface area contributed by atoms with Crippen LogP contribution in [0.25, 0.3) is 22.4 Å². The van der Waals surface area contributed by atoms with Gasteiger partial charge in [-0.1, -0.05) is 48.2 Å².